The van der Waals surface area contributed by atoms with E-state index in [2.05, 4.69) is 17.6 Å². The lowest BCUT2D eigenvalue weighted by atomic mass is 10.3. The lowest BCUT2D eigenvalue weighted by molar-refractivity contribution is 0.196. The minimum absolute atomic E-state index is 0.111. The second-order valence-corrected chi connectivity index (χ2v) is 2.53. The van der Waals surface area contributed by atoms with E-state index in [1.807, 2.05) is 0 Å². The van der Waals surface area contributed by atoms with E-state index in [1.54, 1.807) is 7.11 Å². The summed E-state index contributed by atoms with van der Waals surface area (Å²) in [6.07, 6.45) is 2.12. The number of methoxy groups -OCH3 is 1. The molecule has 0 saturated carbocycles. The first kappa shape index (κ1) is 11.2. The number of amides is 2. The van der Waals surface area contributed by atoms with Crippen molar-refractivity contribution in [1.29, 1.82) is 0 Å². The van der Waals surface area contributed by atoms with Crippen molar-refractivity contribution in [2.75, 3.05) is 26.8 Å². The number of carbonyl (C=O) groups excluding carboxylic acids is 1. The highest BCUT2D eigenvalue weighted by atomic mass is 16.5. The van der Waals surface area contributed by atoms with Crippen molar-refractivity contribution in [3.8, 4) is 0 Å². The first-order valence-electron chi connectivity index (χ1n) is 4.32. The van der Waals surface area contributed by atoms with E-state index in [-0.39, 0.29) is 6.03 Å². The third kappa shape index (κ3) is 7.34. The second-order valence-electron chi connectivity index (χ2n) is 2.53. The van der Waals surface area contributed by atoms with Crippen molar-refractivity contribution in [3.63, 3.8) is 0 Å². The van der Waals surface area contributed by atoms with Gasteiger partial charge in [-0.05, 0) is 6.42 Å². The van der Waals surface area contributed by atoms with Crippen LogP contribution in [0.4, 0.5) is 4.79 Å². The lowest BCUT2D eigenvalue weighted by Gasteiger charge is -2.05. The van der Waals surface area contributed by atoms with Gasteiger partial charge in [0.2, 0.25) is 0 Å². The maximum Gasteiger partial charge on any atom is 0.314 e. The Morgan fingerprint density at radius 2 is 2.00 bits per heavy atom. The maximum atomic E-state index is 10.9. The summed E-state index contributed by atoms with van der Waals surface area (Å²) in [6.45, 7) is 3.95. The molecule has 0 aromatic carbocycles. The maximum absolute atomic E-state index is 10.9. The molecule has 0 saturated heterocycles. The van der Waals surface area contributed by atoms with Gasteiger partial charge in [-0.15, -0.1) is 0 Å². The first-order chi connectivity index (χ1) is 5.81. The number of rotatable bonds is 6. The smallest absolute Gasteiger partial charge is 0.314 e. The number of hydrogen-bond donors (Lipinski definition) is 2. The van der Waals surface area contributed by atoms with Gasteiger partial charge in [0.25, 0.3) is 0 Å². The number of hydrogen-bond acceptors (Lipinski definition) is 2. The van der Waals surface area contributed by atoms with Crippen molar-refractivity contribution in [2.45, 2.75) is 19.8 Å². The predicted octanol–water partition coefficient (Wildman–Crippen LogP) is 0.732. The quantitative estimate of drug-likeness (QED) is 0.583. The van der Waals surface area contributed by atoms with Crippen molar-refractivity contribution in [3.05, 3.63) is 0 Å². The highest BCUT2D eigenvalue weighted by Gasteiger charge is 1.95. The molecule has 0 heterocycles. The molecule has 0 bridgehead atoms. The van der Waals surface area contributed by atoms with Crippen LogP contribution in [0.2, 0.25) is 0 Å². The van der Waals surface area contributed by atoms with E-state index in [0.717, 1.165) is 19.4 Å². The zero-order chi connectivity index (χ0) is 9.23. The monoisotopic (exact) mass is 174 g/mol. The average molecular weight is 174 g/mol. The van der Waals surface area contributed by atoms with Gasteiger partial charge in [0.15, 0.2) is 0 Å². The molecule has 12 heavy (non-hydrogen) atoms. The molecule has 0 aliphatic rings. The summed E-state index contributed by atoms with van der Waals surface area (Å²) >= 11 is 0. The zero-order valence-corrected chi connectivity index (χ0v) is 7.85. The normalized spacial score (nSPS) is 9.50. The summed E-state index contributed by atoms with van der Waals surface area (Å²) in [5.74, 6) is 0. The topological polar surface area (TPSA) is 50.4 Å². The van der Waals surface area contributed by atoms with Crippen molar-refractivity contribution in [2.24, 2.45) is 0 Å². The van der Waals surface area contributed by atoms with Gasteiger partial charge in [0.1, 0.15) is 0 Å². The van der Waals surface area contributed by atoms with Crippen molar-refractivity contribution >= 4 is 6.03 Å². The van der Waals surface area contributed by atoms with E-state index >= 15 is 0 Å². The molecule has 0 spiro atoms. The Labute approximate surface area is 73.7 Å². The first-order valence-corrected chi connectivity index (χ1v) is 4.32. The molecule has 4 nitrogen and oxygen atoms in total. The van der Waals surface area contributed by atoms with Crippen LogP contribution in [0, 0.1) is 0 Å². The van der Waals surface area contributed by atoms with Crippen LogP contribution >= 0.6 is 0 Å². The zero-order valence-electron chi connectivity index (χ0n) is 7.85. The van der Waals surface area contributed by atoms with Crippen LogP contribution in [0.25, 0.3) is 0 Å². The molecule has 0 atom stereocenters. The number of ether oxygens (including phenoxy) is 1. The largest absolute Gasteiger partial charge is 0.383 e. The Morgan fingerprint density at radius 3 is 2.58 bits per heavy atom. The van der Waals surface area contributed by atoms with Crippen LogP contribution < -0.4 is 10.6 Å². The van der Waals surface area contributed by atoms with Crippen LogP contribution in [0.1, 0.15) is 19.8 Å². The average Bonchev–Trinajstić information content (AvgIpc) is 2.06. The molecule has 72 valence electrons. The van der Waals surface area contributed by atoms with Crippen LogP contribution in [0.5, 0.6) is 0 Å². The van der Waals surface area contributed by atoms with Gasteiger partial charge in [-0.2, -0.15) is 0 Å². The molecule has 0 aromatic heterocycles. The van der Waals surface area contributed by atoms with Crippen LogP contribution in [-0.4, -0.2) is 32.8 Å². The second kappa shape index (κ2) is 8.33. The van der Waals surface area contributed by atoms with Crippen molar-refractivity contribution in [1.82, 2.24) is 10.6 Å². The summed E-state index contributed by atoms with van der Waals surface area (Å²) in [6, 6.07) is -0.111. The molecule has 0 radical (unpaired) electrons. The van der Waals surface area contributed by atoms with Crippen molar-refractivity contribution < 1.29 is 9.53 Å². The van der Waals surface area contributed by atoms with Gasteiger partial charge in [0.05, 0.1) is 6.61 Å². The van der Waals surface area contributed by atoms with Gasteiger partial charge in [-0.1, -0.05) is 13.3 Å². The van der Waals surface area contributed by atoms with E-state index in [4.69, 9.17) is 4.74 Å². The molecule has 0 aromatic rings. The highest BCUT2D eigenvalue weighted by molar-refractivity contribution is 5.73. The molecule has 2 amide bonds. The predicted molar refractivity (Wildman–Crippen MR) is 48.2 cm³/mol. The number of unbranched alkanes of at least 4 members (excludes halogenated alkanes) is 1. The Hall–Kier alpha value is -0.770. The third-order valence-electron chi connectivity index (χ3n) is 1.41. The number of nitrogens with one attached hydrogen (secondary N) is 2. The molecule has 0 aliphatic carbocycles. The van der Waals surface area contributed by atoms with Crippen LogP contribution in [-0.2, 0) is 4.74 Å². The summed E-state index contributed by atoms with van der Waals surface area (Å²) < 4.78 is 4.78. The van der Waals surface area contributed by atoms with E-state index < -0.39 is 0 Å². The Morgan fingerprint density at radius 1 is 1.33 bits per heavy atom. The Balaban J connectivity index is 3.10. The van der Waals surface area contributed by atoms with Gasteiger partial charge in [0, 0.05) is 20.2 Å². The van der Waals surface area contributed by atoms with E-state index in [9.17, 15) is 4.79 Å². The van der Waals surface area contributed by atoms with E-state index in [1.165, 1.54) is 0 Å². The third-order valence-corrected chi connectivity index (χ3v) is 1.41. The minimum atomic E-state index is -0.111. The standard InChI is InChI=1S/C8H18N2O2/c1-3-4-5-9-8(11)10-6-7-12-2/h3-7H2,1-2H3,(H2,9,10,11). The highest BCUT2D eigenvalue weighted by Crippen LogP contribution is 1.81. The van der Waals surface area contributed by atoms with Gasteiger partial charge in [-0.25, -0.2) is 4.79 Å². The Bertz CT molecular complexity index is 106. The molecule has 0 aliphatic heterocycles. The molecule has 2 N–H and O–H groups in total. The summed E-state index contributed by atoms with van der Waals surface area (Å²) in [5, 5.41) is 5.40. The molecule has 0 unspecified atom stereocenters. The lowest BCUT2D eigenvalue weighted by Crippen LogP contribution is -2.37. The van der Waals surface area contributed by atoms with Crippen LogP contribution in [0.15, 0.2) is 0 Å². The summed E-state index contributed by atoms with van der Waals surface area (Å²) in [5.41, 5.74) is 0. The summed E-state index contributed by atoms with van der Waals surface area (Å²) in [4.78, 5) is 10.9. The Kier molecular flexibility index (Phi) is 7.79. The summed E-state index contributed by atoms with van der Waals surface area (Å²) in [7, 11) is 1.61. The van der Waals surface area contributed by atoms with E-state index in [0.29, 0.717) is 13.2 Å². The number of carbonyl (C=O) groups is 1. The fourth-order valence-corrected chi connectivity index (χ4v) is 0.708. The van der Waals surface area contributed by atoms with Gasteiger partial charge < -0.3 is 15.4 Å². The fourth-order valence-electron chi connectivity index (χ4n) is 0.708. The van der Waals surface area contributed by atoms with Gasteiger partial charge in [-0.3, -0.25) is 0 Å². The molecule has 4 heteroatoms. The molecular formula is C8H18N2O2. The SMILES string of the molecule is CCCCNC(=O)NCCOC. The fraction of sp³-hybridized carbons (Fsp3) is 0.875. The number of urea groups is 1. The minimum Gasteiger partial charge on any atom is -0.383 e. The molecule has 0 rings (SSSR count). The molecule has 0 fully saturated rings. The van der Waals surface area contributed by atoms with Gasteiger partial charge >= 0.3 is 6.03 Å². The van der Waals surface area contributed by atoms with Crippen LogP contribution in [0.3, 0.4) is 0 Å². The molecular weight excluding hydrogens is 156 g/mol.